The summed E-state index contributed by atoms with van der Waals surface area (Å²) in [7, 11) is 1.70. The van der Waals surface area contributed by atoms with Crippen LogP contribution in [0.5, 0.6) is 0 Å². The number of hydrogen-bond acceptors (Lipinski definition) is 3. The first-order valence-corrected chi connectivity index (χ1v) is 11.8. The van der Waals surface area contributed by atoms with Gasteiger partial charge < -0.3 is 9.84 Å². The fourth-order valence-electron chi connectivity index (χ4n) is 7.98. The number of hydrogen-bond donors (Lipinski definition) is 1. The van der Waals surface area contributed by atoms with Crippen molar-refractivity contribution in [3.8, 4) is 0 Å². The number of rotatable bonds is 4. The molecule has 0 radical (unpaired) electrons. The molecule has 0 spiro atoms. The van der Waals surface area contributed by atoms with Crippen molar-refractivity contribution in [3.05, 3.63) is 0 Å². The van der Waals surface area contributed by atoms with E-state index in [0.29, 0.717) is 23.6 Å². The second kappa shape index (κ2) is 7.15. The van der Waals surface area contributed by atoms with Crippen LogP contribution in [0.15, 0.2) is 0 Å². The number of ketones is 1. The van der Waals surface area contributed by atoms with Crippen LogP contribution in [0.3, 0.4) is 0 Å². The molecule has 4 heteroatoms. The van der Waals surface area contributed by atoms with Crippen molar-refractivity contribution in [1.29, 1.82) is 0 Å². The Morgan fingerprint density at radius 3 is 2.58 bits per heavy atom. The maximum atomic E-state index is 12.5. The van der Waals surface area contributed by atoms with Gasteiger partial charge in [0.05, 0.1) is 17.5 Å². The van der Waals surface area contributed by atoms with E-state index in [-0.39, 0.29) is 11.3 Å². The van der Waals surface area contributed by atoms with Crippen LogP contribution in [0.4, 0.5) is 0 Å². The summed E-state index contributed by atoms with van der Waals surface area (Å²) >= 11 is 3.42. The van der Waals surface area contributed by atoms with Crippen LogP contribution in [0.25, 0.3) is 0 Å². The van der Waals surface area contributed by atoms with Crippen LogP contribution in [-0.4, -0.2) is 35.5 Å². The van der Waals surface area contributed by atoms with Crippen LogP contribution in [-0.2, 0) is 9.53 Å². The smallest absolute Gasteiger partial charge is 0.147 e. The molecule has 4 saturated carbocycles. The van der Waals surface area contributed by atoms with Crippen LogP contribution >= 0.6 is 15.9 Å². The maximum Gasteiger partial charge on any atom is 0.147 e. The van der Waals surface area contributed by atoms with E-state index in [1.165, 1.54) is 38.5 Å². The first-order valence-electron chi connectivity index (χ1n) is 10.7. The third-order valence-electron chi connectivity index (χ3n) is 9.04. The highest BCUT2D eigenvalue weighted by Crippen LogP contribution is 2.64. The second-order valence-corrected chi connectivity index (χ2v) is 10.7. The molecular formula is C22H35BrO3. The Balaban J connectivity index is 1.50. The van der Waals surface area contributed by atoms with Gasteiger partial charge in [-0.1, -0.05) is 22.9 Å². The van der Waals surface area contributed by atoms with Gasteiger partial charge in [-0.25, -0.2) is 0 Å². The summed E-state index contributed by atoms with van der Waals surface area (Å²) in [4.78, 5) is 12.5. The zero-order valence-electron chi connectivity index (χ0n) is 16.4. The summed E-state index contributed by atoms with van der Waals surface area (Å²) in [6.07, 6.45) is 10.5. The SMILES string of the molecule is COCC1(O)CCC2C(CCC3C2CCC2(C)C(C(=O)CBr)CCC32)C1. The predicted molar refractivity (Wildman–Crippen MR) is 106 cm³/mol. The third kappa shape index (κ3) is 3.03. The Kier molecular flexibility index (Phi) is 5.33. The number of fused-ring (bicyclic) bond motifs is 5. The molecule has 0 aliphatic heterocycles. The van der Waals surface area contributed by atoms with Crippen molar-refractivity contribution in [2.75, 3.05) is 19.0 Å². The summed E-state index contributed by atoms with van der Waals surface area (Å²) in [5, 5.41) is 11.4. The standard InChI is InChI=1S/C22H35BrO3/c1-21-9-7-16-15-8-10-22(25,13-26-2)11-14(15)3-4-17(16)18(21)5-6-19(21)20(24)12-23/h14-19,25H,3-13H2,1-2H3. The van der Waals surface area contributed by atoms with Crippen LogP contribution in [0, 0.1) is 40.9 Å². The average Bonchev–Trinajstić information content (AvgIpc) is 2.98. The summed E-state index contributed by atoms with van der Waals surface area (Å²) in [6.45, 7) is 2.91. The van der Waals surface area contributed by atoms with Crippen molar-refractivity contribution in [3.63, 3.8) is 0 Å². The zero-order valence-corrected chi connectivity index (χ0v) is 18.0. The lowest BCUT2D eigenvalue weighted by molar-refractivity contribution is -0.134. The number of ether oxygens (including phenoxy) is 1. The van der Waals surface area contributed by atoms with Crippen LogP contribution in [0.2, 0.25) is 0 Å². The van der Waals surface area contributed by atoms with Crippen molar-refractivity contribution in [2.45, 2.75) is 70.3 Å². The van der Waals surface area contributed by atoms with Gasteiger partial charge in [0.25, 0.3) is 0 Å². The van der Waals surface area contributed by atoms with Gasteiger partial charge in [-0.3, -0.25) is 4.79 Å². The molecule has 0 aromatic carbocycles. The predicted octanol–water partition coefficient (Wildman–Crippen LogP) is 4.60. The number of aliphatic hydroxyl groups is 1. The lowest BCUT2D eigenvalue weighted by Gasteiger charge is -2.57. The van der Waals surface area contributed by atoms with Crippen LogP contribution in [0.1, 0.15) is 64.7 Å². The average molecular weight is 427 g/mol. The summed E-state index contributed by atoms with van der Waals surface area (Å²) < 4.78 is 5.30. The Morgan fingerprint density at radius 1 is 1.08 bits per heavy atom. The Labute approximate surface area is 166 Å². The van der Waals surface area contributed by atoms with Gasteiger partial charge in [-0.2, -0.15) is 0 Å². The Hall–Kier alpha value is 0.0700. The molecule has 4 aliphatic carbocycles. The summed E-state index contributed by atoms with van der Waals surface area (Å²) in [5.74, 6) is 4.58. The number of Topliss-reactive ketones (excluding diaryl/α,β-unsaturated/α-hetero) is 1. The zero-order chi connectivity index (χ0) is 18.5. The van der Waals surface area contributed by atoms with Gasteiger partial charge in [0, 0.05) is 13.0 Å². The van der Waals surface area contributed by atoms with Crippen molar-refractivity contribution < 1.29 is 14.6 Å². The van der Waals surface area contributed by atoms with E-state index in [4.69, 9.17) is 4.74 Å². The molecule has 0 bridgehead atoms. The number of halogens is 1. The molecule has 148 valence electrons. The fourth-order valence-corrected chi connectivity index (χ4v) is 8.38. The van der Waals surface area contributed by atoms with Crippen LogP contribution < -0.4 is 0 Å². The molecule has 0 heterocycles. The molecular weight excluding hydrogens is 392 g/mol. The first kappa shape index (κ1) is 19.4. The summed E-state index contributed by atoms with van der Waals surface area (Å²) in [5.41, 5.74) is -0.350. The number of methoxy groups -OCH3 is 1. The van der Waals surface area contributed by atoms with Gasteiger partial charge in [0.1, 0.15) is 5.78 Å². The van der Waals surface area contributed by atoms with Crippen molar-refractivity contribution in [1.82, 2.24) is 0 Å². The highest BCUT2D eigenvalue weighted by Gasteiger charge is 2.58. The Bertz CT molecular complexity index is 552. The van der Waals surface area contributed by atoms with Gasteiger partial charge in [-0.05, 0) is 92.8 Å². The van der Waals surface area contributed by atoms with Gasteiger partial charge in [0.2, 0.25) is 0 Å². The number of alkyl halides is 1. The van der Waals surface area contributed by atoms with Crippen molar-refractivity contribution in [2.24, 2.45) is 40.9 Å². The van der Waals surface area contributed by atoms with Gasteiger partial charge in [0.15, 0.2) is 0 Å². The molecule has 0 amide bonds. The molecule has 4 aliphatic rings. The Morgan fingerprint density at radius 2 is 1.85 bits per heavy atom. The molecule has 8 unspecified atom stereocenters. The molecule has 4 rings (SSSR count). The van der Waals surface area contributed by atoms with E-state index in [0.717, 1.165) is 42.9 Å². The minimum absolute atomic E-state index is 0.240. The quantitative estimate of drug-likeness (QED) is 0.668. The van der Waals surface area contributed by atoms with E-state index in [9.17, 15) is 9.90 Å². The number of carbonyl (C=O) groups excluding carboxylic acids is 1. The molecule has 1 N–H and O–H groups in total. The lowest BCUT2D eigenvalue weighted by atomic mass is 9.49. The van der Waals surface area contributed by atoms with Gasteiger partial charge >= 0.3 is 0 Å². The highest BCUT2D eigenvalue weighted by atomic mass is 79.9. The van der Waals surface area contributed by atoms with E-state index in [1.54, 1.807) is 7.11 Å². The fraction of sp³-hybridized carbons (Fsp3) is 0.955. The van der Waals surface area contributed by atoms with E-state index < -0.39 is 5.60 Å². The molecule has 8 atom stereocenters. The minimum Gasteiger partial charge on any atom is -0.387 e. The largest absolute Gasteiger partial charge is 0.387 e. The maximum absolute atomic E-state index is 12.5. The molecule has 0 aromatic heterocycles. The van der Waals surface area contributed by atoms with E-state index in [2.05, 4.69) is 22.9 Å². The normalized spacial score (nSPS) is 50.6. The summed E-state index contributed by atoms with van der Waals surface area (Å²) in [6, 6.07) is 0. The molecule has 4 fully saturated rings. The molecule has 0 saturated heterocycles. The monoisotopic (exact) mass is 426 g/mol. The second-order valence-electron chi connectivity index (χ2n) is 10.1. The minimum atomic E-state index is -0.591. The number of carbonyl (C=O) groups is 1. The lowest BCUT2D eigenvalue weighted by Crippen LogP contribution is -2.52. The highest BCUT2D eigenvalue weighted by molar-refractivity contribution is 9.09. The topological polar surface area (TPSA) is 46.5 Å². The molecule has 3 nitrogen and oxygen atoms in total. The molecule has 26 heavy (non-hydrogen) atoms. The first-order chi connectivity index (χ1) is 12.4. The molecule has 0 aromatic rings. The van der Waals surface area contributed by atoms with E-state index in [1.807, 2.05) is 0 Å². The van der Waals surface area contributed by atoms with E-state index >= 15 is 0 Å². The van der Waals surface area contributed by atoms with Gasteiger partial charge in [-0.15, -0.1) is 0 Å². The third-order valence-corrected chi connectivity index (χ3v) is 9.59. The van der Waals surface area contributed by atoms with Crippen molar-refractivity contribution >= 4 is 21.7 Å².